The van der Waals surface area contributed by atoms with Crippen LogP contribution in [-0.4, -0.2) is 23.7 Å². The van der Waals surface area contributed by atoms with Gasteiger partial charge in [0.25, 0.3) is 0 Å². The summed E-state index contributed by atoms with van der Waals surface area (Å²) in [6, 6.07) is 8.86. The summed E-state index contributed by atoms with van der Waals surface area (Å²) >= 11 is 0. The van der Waals surface area contributed by atoms with E-state index < -0.39 is 5.97 Å². The Kier molecular flexibility index (Phi) is 2.13. The highest BCUT2D eigenvalue weighted by molar-refractivity contribution is 5.68. The van der Waals surface area contributed by atoms with E-state index >= 15 is 0 Å². The minimum absolute atomic E-state index is 0.315. The van der Waals surface area contributed by atoms with E-state index in [1.807, 2.05) is 0 Å². The van der Waals surface area contributed by atoms with Crippen molar-refractivity contribution in [1.29, 1.82) is 0 Å². The molecule has 0 spiro atoms. The molecule has 2 unspecified atom stereocenters. The van der Waals surface area contributed by atoms with Crippen molar-refractivity contribution >= 4 is 11.7 Å². The molecule has 2 heterocycles. The normalized spacial score (nSPS) is 26.6. The zero-order valence-electron chi connectivity index (χ0n) is 9.10. The summed E-state index contributed by atoms with van der Waals surface area (Å²) in [4.78, 5) is 13.2. The molecule has 1 saturated heterocycles. The second-order valence-electron chi connectivity index (χ2n) is 4.74. The number of rotatable bonds is 2. The Hall–Kier alpha value is -1.51. The van der Waals surface area contributed by atoms with E-state index in [9.17, 15) is 4.79 Å². The lowest BCUT2D eigenvalue weighted by Crippen LogP contribution is -2.29. The first kappa shape index (κ1) is 9.70. The van der Waals surface area contributed by atoms with Crippen molar-refractivity contribution in [2.75, 3.05) is 11.4 Å². The lowest BCUT2D eigenvalue weighted by Gasteiger charge is -2.21. The van der Waals surface area contributed by atoms with Gasteiger partial charge in [-0.3, -0.25) is 4.79 Å². The van der Waals surface area contributed by atoms with Gasteiger partial charge in [-0.1, -0.05) is 18.2 Å². The molecule has 0 aliphatic carbocycles. The van der Waals surface area contributed by atoms with Crippen LogP contribution >= 0.6 is 0 Å². The van der Waals surface area contributed by atoms with Crippen LogP contribution in [0.15, 0.2) is 24.3 Å². The molecule has 1 aromatic rings. The van der Waals surface area contributed by atoms with Crippen molar-refractivity contribution < 1.29 is 9.90 Å². The molecule has 1 aromatic carbocycles. The van der Waals surface area contributed by atoms with Gasteiger partial charge in [-0.05, 0) is 30.4 Å². The van der Waals surface area contributed by atoms with E-state index in [-0.39, 0.29) is 0 Å². The standard InChI is InChI=1S/C13H15NO2/c15-13(16)8-10-5-6-14-11-4-2-1-3-9(11)7-12(10)14/h1-4,10,12H,5-8H2,(H,15,16). The Morgan fingerprint density at radius 2 is 2.25 bits per heavy atom. The van der Waals surface area contributed by atoms with Crippen molar-refractivity contribution in [2.45, 2.75) is 25.3 Å². The van der Waals surface area contributed by atoms with Crippen molar-refractivity contribution in [3.63, 3.8) is 0 Å². The maximum absolute atomic E-state index is 10.8. The van der Waals surface area contributed by atoms with E-state index in [1.54, 1.807) is 0 Å². The number of anilines is 1. The molecule has 1 N–H and O–H groups in total. The molecule has 2 aliphatic heterocycles. The summed E-state index contributed by atoms with van der Waals surface area (Å²) < 4.78 is 0. The smallest absolute Gasteiger partial charge is 0.303 e. The van der Waals surface area contributed by atoms with E-state index in [2.05, 4.69) is 29.2 Å². The Labute approximate surface area is 94.7 Å². The van der Waals surface area contributed by atoms with E-state index in [0.29, 0.717) is 18.4 Å². The monoisotopic (exact) mass is 217 g/mol. The first-order valence-corrected chi connectivity index (χ1v) is 5.82. The van der Waals surface area contributed by atoms with Crippen molar-refractivity contribution in [3.05, 3.63) is 29.8 Å². The molecule has 0 saturated carbocycles. The quantitative estimate of drug-likeness (QED) is 0.822. The van der Waals surface area contributed by atoms with Crippen LogP contribution in [0.5, 0.6) is 0 Å². The maximum atomic E-state index is 10.8. The number of carboxylic acid groups (broad SMARTS) is 1. The number of fused-ring (bicyclic) bond motifs is 3. The predicted molar refractivity (Wildman–Crippen MR) is 61.6 cm³/mol. The molecule has 84 valence electrons. The highest BCUT2D eigenvalue weighted by Gasteiger charge is 2.40. The second kappa shape index (κ2) is 3.51. The minimum atomic E-state index is -0.664. The van der Waals surface area contributed by atoms with Crippen LogP contribution in [0, 0.1) is 5.92 Å². The van der Waals surface area contributed by atoms with Crippen molar-refractivity contribution in [3.8, 4) is 0 Å². The average molecular weight is 217 g/mol. The first-order chi connectivity index (χ1) is 7.75. The topological polar surface area (TPSA) is 40.5 Å². The summed E-state index contributed by atoms with van der Waals surface area (Å²) in [5.74, 6) is -0.340. The number of hydrogen-bond donors (Lipinski definition) is 1. The van der Waals surface area contributed by atoms with Gasteiger partial charge < -0.3 is 10.0 Å². The zero-order valence-corrected chi connectivity index (χ0v) is 9.10. The lowest BCUT2D eigenvalue weighted by molar-refractivity contribution is -0.138. The summed E-state index contributed by atoms with van der Waals surface area (Å²) in [5, 5.41) is 8.89. The Morgan fingerprint density at radius 1 is 1.44 bits per heavy atom. The molecule has 0 aromatic heterocycles. The molecule has 2 aliphatic rings. The van der Waals surface area contributed by atoms with Crippen LogP contribution in [0.4, 0.5) is 5.69 Å². The van der Waals surface area contributed by atoms with Gasteiger partial charge in [-0.15, -0.1) is 0 Å². The lowest BCUT2D eigenvalue weighted by atomic mass is 9.94. The fraction of sp³-hybridized carbons (Fsp3) is 0.462. The van der Waals surface area contributed by atoms with Gasteiger partial charge in [-0.2, -0.15) is 0 Å². The number of benzene rings is 1. The molecule has 0 bridgehead atoms. The zero-order chi connectivity index (χ0) is 11.1. The summed E-state index contributed by atoms with van der Waals surface area (Å²) in [6.45, 7) is 1.01. The minimum Gasteiger partial charge on any atom is -0.481 e. The highest BCUT2D eigenvalue weighted by atomic mass is 16.4. The third-order valence-corrected chi connectivity index (χ3v) is 3.85. The molecule has 3 nitrogen and oxygen atoms in total. The molecule has 0 amide bonds. The number of hydrogen-bond acceptors (Lipinski definition) is 2. The van der Waals surface area contributed by atoms with E-state index in [0.717, 1.165) is 19.4 Å². The van der Waals surface area contributed by atoms with Gasteiger partial charge >= 0.3 is 5.97 Å². The number of carboxylic acids is 1. The predicted octanol–water partition coefficient (Wildman–Crippen LogP) is 1.91. The Balaban J connectivity index is 1.85. The Bertz CT molecular complexity index is 430. The number of aliphatic carboxylic acids is 1. The largest absolute Gasteiger partial charge is 0.481 e. The number of nitrogens with zero attached hydrogens (tertiary/aromatic N) is 1. The van der Waals surface area contributed by atoms with Crippen LogP contribution in [0.3, 0.4) is 0 Å². The number of para-hydroxylation sites is 1. The maximum Gasteiger partial charge on any atom is 0.303 e. The SMILES string of the molecule is O=C(O)CC1CCN2c3ccccc3CC12. The van der Waals surface area contributed by atoms with Gasteiger partial charge in [-0.25, -0.2) is 0 Å². The van der Waals surface area contributed by atoms with Crippen molar-refractivity contribution in [1.82, 2.24) is 0 Å². The van der Waals surface area contributed by atoms with E-state index in [4.69, 9.17) is 5.11 Å². The third kappa shape index (κ3) is 1.39. The summed E-state index contributed by atoms with van der Waals surface area (Å²) in [6.07, 6.45) is 2.36. The van der Waals surface area contributed by atoms with Crippen LogP contribution < -0.4 is 4.90 Å². The van der Waals surface area contributed by atoms with Crippen LogP contribution in [-0.2, 0) is 11.2 Å². The second-order valence-corrected chi connectivity index (χ2v) is 4.74. The number of carbonyl (C=O) groups is 1. The van der Waals surface area contributed by atoms with Gasteiger partial charge in [0, 0.05) is 18.3 Å². The van der Waals surface area contributed by atoms with Crippen molar-refractivity contribution in [2.24, 2.45) is 5.92 Å². The molecule has 1 fully saturated rings. The van der Waals surface area contributed by atoms with Crippen LogP contribution in [0.1, 0.15) is 18.4 Å². The molecule has 2 atom stereocenters. The molecular formula is C13H15NO2. The van der Waals surface area contributed by atoms with Gasteiger partial charge in [0.1, 0.15) is 0 Å². The van der Waals surface area contributed by atoms with E-state index in [1.165, 1.54) is 11.3 Å². The molecule has 3 rings (SSSR count). The van der Waals surface area contributed by atoms with Crippen LogP contribution in [0.25, 0.3) is 0 Å². The Morgan fingerprint density at radius 3 is 3.06 bits per heavy atom. The molecular weight excluding hydrogens is 202 g/mol. The summed E-state index contributed by atoms with van der Waals surface area (Å²) in [7, 11) is 0. The fourth-order valence-corrected chi connectivity index (χ4v) is 3.14. The third-order valence-electron chi connectivity index (χ3n) is 3.85. The van der Waals surface area contributed by atoms with Crippen LogP contribution in [0.2, 0.25) is 0 Å². The van der Waals surface area contributed by atoms with Gasteiger partial charge in [0.2, 0.25) is 0 Å². The highest BCUT2D eigenvalue weighted by Crippen LogP contribution is 2.41. The first-order valence-electron chi connectivity index (χ1n) is 5.82. The molecule has 16 heavy (non-hydrogen) atoms. The molecule has 3 heteroatoms. The molecule has 0 radical (unpaired) electrons. The van der Waals surface area contributed by atoms with Gasteiger partial charge in [0.15, 0.2) is 0 Å². The average Bonchev–Trinajstić information content (AvgIpc) is 2.78. The fourth-order valence-electron chi connectivity index (χ4n) is 3.14. The van der Waals surface area contributed by atoms with Gasteiger partial charge in [0.05, 0.1) is 6.42 Å². The summed E-state index contributed by atoms with van der Waals surface area (Å²) in [5.41, 5.74) is 2.70.